The highest BCUT2D eigenvalue weighted by Gasteiger charge is 2.13. The smallest absolute Gasteiger partial charge is 0.344 e. The van der Waals surface area contributed by atoms with E-state index in [1.54, 1.807) is 31.4 Å². The minimum Gasteiger partial charge on any atom is -0.497 e. The second kappa shape index (κ2) is 9.07. The Hall–Kier alpha value is -3.02. The standard InChI is InChI=1S/C21H25NO5/c1-21(2,3)15-5-7-16(8-6-15)22-19(23)13-27-20(24)14-26-18-11-9-17(25-4)10-12-18/h5-12H,13-14H2,1-4H3,(H,22,23). The van der Waals surface area contributed by atoms with Crippen LogP contribution in [0.1, 0.15) is 26.3 Å². The molecule has 1 N–H and O–H groups in total. The Balaban J connectivity index is 1.73. The molecule has 0 unspecified atom stereocenters. The molecule has 0 radical (unpaired) electrons. The quantitative estimate of drug-likeness (QED) is 0.754. The maximum Gasteiger partial charge on any atom is 0.344 e. The van der Waals surface area contributed by atoms with Gasteiger partial charge < -0.3 is 19.5 Å². The summed E-state index contributed by atoms with van der Waals surface area (Å²) in [5.74, 6) is 0.175. The molecule has 0 saturated heterocycles. The Labute approximate surface area is 159 Å². The lowest BCUT2D eigenvalue weighted by molar-refractivity contribution is -0.149. The van der Waals surface area contributed by atoms with Crippen LogP contribution in [0.5, 0.6) is 11.5 Å². The number of rotatable bonds is 7. The van der Waals surface area contributed by atoms with Crippen LogP contribution in [0.4, 0.5) is 5.69 Å². The highest BCUT2D eigenvalue weighted by atomic mass is 16.6. The molecule has 0 aliphatic carbocycles. The number of carbonyl (C=O) groups excluding carboxylic acids is 2. The van der Waals surface area contributed by atoms with Crippen LogP contribution in [-0.4, -0.2) is 32.2 Å². The number of anilines is 1. The van der Waals surface area contributed by atoms with Crippen molar-refractivity contribution < 1.29 is 23.8 Å². The first-order valence-corrected chi connectivity index (χ1v) is 8.61. The van der Waals surface area contributed by atoms with Gasteiger partial charge in [0.2, 0.25) is 0 Å². The molecule has 1 amide bonds. The maximum atomic E-state index is 11.9. The summed E-state index contributed by atoms with van der Waals surface area (Å²) in [4.78, 5) is 23.6. The first-order chi connectivity index (χ1) is 12.8. The SMILES string of the molecule is COc1ccc(OCC(=O)OCC(=O)Nc2ccc(C(C)(C)C)cc2)cc1. The maximum absolute atomic E-state index is 11.9. The van der Waals surface area contributed by atoms with E-state index in [0.29, 0.717) is 17.2 Å². The van der Waals surface area contributed by atoms with Crippen LogP contribution >= 0.6 is 0 Å². The molecule has 6 heteroatoms. The van der Waals surface area contributed by atoms with Crippen molar-refractivity contribution in [1.82, 2.24) is 0 Å². The molecule has 0 aliphatic rings. The summed E-state index contributed by atoms with van der Waals surface area (Å²) >= 11 is 0. The summed E-state index contributed by atoms with van der Waals surface area (Å²) in [7, 11) is 1.57. The number of hydrogen-bond donors (Lipinski definition) is 1. The van der Waals surface area contributed by atoms with Gasteiger partial charge in [-0.05, 0) is 47.4 Å². The molecule has 2 rings (SSSR count). The Morgan fingerprint density at radius 3 is 2.04 bits per heavy atom. The largest absolute Gasteiger partial charge is 0.497 e. The fourth-order valence-corrected chi connectivity index (χ4v) is 2.25. The van der Waals surface area contributed by atoms with Crippen molar-refractivity contribution >= 4 is 17.6 Å². The van der Waals surface area contributed by atoms with Gasteiger partial charge in [-0.2, -0.15) is 0 Å². The van der Waals surface area contributed by atoms with Crippen molar-refractivity contribution in [1.29, 1.82) is 0 Å². The molecule has 0 bridgehead atoms. The lowest BCUT2D eigenvalue weighted by atomic mass is 9.87. The molecular weight excluding hydrogens is 346 g/mol. The number of methoxy groups -OCH3 is 1. The van der Waals surface area contributed by atoms with Gasteiger partial charge in [0.25, 0.3) is 5.91 Å². The average Bonchev–Trinajstić information content (AvgIpc) is 2.65. The van der Waals surface area contributed by atoms with E-state index in [0.717, 1.165) is 0 Å². The molecular formula is C21H25NO5. The first kappa shape index (κ1) is 20.3. The number of esters is 1. The highest BCUT2D eigenvalue weighted by Crippen LogP contribution is 2.23. The van der Waals surface area contributed by atoms with E-state index >= 15 is 0 Å². The Kier molecular flexibility index (Phi) is 6.82. The third-order valence-electron chi connectivity index (χ3n) is 3.82. The molecule has 0 fully saturated rings. The summed E-state index contributed by atoms with van der Waals surface area (Å²) in [6.45, 7) is 5.71. The Morgan fingerprint density at radius 1 is 0.889 bits per heavy atom. The number of carbonyl (C=O) groups is 2. The fourth-order valence-electron chi connectivity index (χ4n) is 2.25. The average molecular weight is 371 g/mol. The lowest BCUT2D eigenvalue weighted by Crippen LogP contribution is -2.23. The zero-order valence-electron chi connectivity index (χ0n) is 16.1. The Morgan fingerprint density at radius 2 is 1.48 bits per heavy atom. The number of ether oxygens (including phenoxy) is 3. The van der Waals surface area contributed by atoms with Gasteiger partial charge in [0.05, 0.1) is 7.11 Å². The van der Waals surface area contributed by atoms with Crippen molar-refractivity contribution in [3.63, 3.8) is 0 Å². The van der Waals surface area contributed by atoms with Crippen molar-refractivity contribution in [2.24, 2.45) is 0 Å². The molecule has 6 nitrogen and oxygen atoms in total. The molecule has 0 aromatic heterocycles. The molecule has 144 valence electrons. The van der Waals surface area contributed by atoms with Gasteiger partial charge in [-0.3, -0.25) is 4.79 Å². The summed E-state index contributed by atoms with van der Waals surface area (Å²) in [6.07, 6.45) is 0. The van der Waals surface area contributed by atoms with Gasteiger partial charge in [0, 0.05) is 5.69 Å². The third kappa shape index (κ3) is 6.66. The highest BCUT2D eigenvalue weighted by molar-refractivity contribution is 5.92. The molecule has 0 atom stereocenters. The molecule has 0 saturated carbocycles. The molecule has 0 aliphatic heterocycles. The van der Waals surface area contributed by atoms with Gasteiger partial charge in [-0.25, -0.2) is 4.79 Å². The van der Waals surface area contributed by atoms with Gasteiger partial charge in [-0.1, -0.05) is 32.9 Å². The summed E-state index contributed by atoms with van der Waals surface area (Å²) in [5, 5.41) is 2.69. The van der Waals surface area contributed by atoms with E-state index in [-0.39, 0.29) is 18.6 Å². The monoisotopic (exact) mass is 371 g/mol. The molecule has 2 aromatic carbocycles. The second-order valence-corrected chi connectivity index (χ2v) is 7.00. The topological polar surface area (TPSA) is 73.9 Å². The molecule has 2 aromatic rings. The number of benzene rings is 2. The minimum atomic E-state index is -0.621. The fraction of sp³-hybridized carbons (Fsp3) is 0.333. The molecule has 0 heterocycles. The zero-order chi connectivity index (χ0) is 19.9. The van der Waals surface area contributed by atoms with E-state index in [4.69, 9.17) is 14.2 Å². The van der Waals surface area contributed by atoms with E-state index in [1.807, 2.05) is 24.3 Å². The lowest BCUT2D eigenvalue weighted by Gasteiger charge is -2.19. The summed E-state index contributed by atoms with van der Waals surface area (Å²) < 4.78 is 15.3. The number of amides is 1. The Bertz CT molecular complexity index is 761. The van der Waals surface area contributed by atoms with Crippen LogP contribution in [0.15, 0.2) is 48.5 Å². The van der Waals surface area contributed by atoms with Gasteiger partial charge in [0.1, 0.15) is 11.5 Å². The van der Waals surface area contributed by atoms with Gasteiger partial charge in [-0.15, -0.1) is 0 Å². The van der Waals surface area contributed by atoms with Crippen LogP contribution in [0.2, 0.25) is 0 Å². The van der Waals surface area contributed by atoms with Gasteiger partial charge in [0.15, 0.2) is 13.2 Å². The van der Waals surface area contributed by atoms with Crippen molar-refractivity contribution in [2.45, 2.75) is 26.2 Å². The molecule has 27 heavy (non-hydrogen) atoms. The predicted molar refractivity (Wildman–Crippen MR) is 103 cm³/mol. The van der Waals surface area contributed by atoms with E-state index in [1.165, 1.54) is 5.56 Å². The van der Waals surface area contributed by atoms with Crippen LogP contribution in [0.3, 0.4) is 0 Å². The second-order valence-electron chi connectivity index (χ2n) is 7.00. The van der Waals surface area contributed by atoms with E-state index in [2.05, 4.69) is 26.1 Å². The summed E-state index contributed by atoms with van der Waals surface area (Å²) in [6, 6.07) is 14.4. The number of nitrogens with one attached hydrogen (secondary N) is 1. The first-order valence-electron chi connectivity index (χ1n) is 8.61. The van der Waals surface area contributed by atoms with Crippen molar-refractivity contribution in [3.05, 3.63) is 54.1 Å². The van der Waals surface area contributed by atoms with Crippen LogP contribution in [0.25, 0.3) is 0 Å². The van der Waals surface area contributed by atoms with E-state index < -0.39 is 11.9 Å². The predicted octanol–water partition coefficient (Wildman–Crippen LogP) is 3.55. The molecule has 0 spiro atoms. The van der Waals surface area contributed by atoms with Crippen molar-refractivity contribution in [2.75, 3.05) is 25.6 Å². The van der Waals surface area contributed by atoms with E-state index in [9.17, 15) is 9.59 Å². The van der Waals surface area contributed by atoms with Crippen LogP contribution in [0, 0.1) is 0 Å². The third-order valence-corrected chi connectivity index (χ3v) is 3.82. The zero-order valence-corrected chi connectivity index (χ0v) is 16.1. The van der Waals surface area contributed by atoms with Crippen LogP contribution < -0.4 is 14.8 Å². The number of hydrogen-bond acceptors (Lipinski definition) is 5. The van der Waals surface area contributed by atoms with Crippen molar-refractivity contribution in [3.8, 4) is 11.5 Å². The summed E-state index contributed by atoms with van der Waals surface area (Å²) in [5.41, 5.74) is 1.86. The van der Waals surface area contributed by atoms with Gasteiger partial charge >= 0.3 is 5.97 Å². The minimum absolute atomic E-state index is 0.0436. The normalized spacial score (nSPS) is 10.8. The van der Waals surface area contributed by atoms with Crippen LogP contribution in [-0.2, 0) is 19.7 Å².